The Kier molecular flexibility index (Phi) is 6.70. The zero-order chi connectivity index (χ0) is 16.7. The van der Waals surface area contributed by atoms with Crippen LogP contribution in [0.25, 0.3) is 0 Å². The predicted molar refractivity (Wildman–Crippen MR) is 94.0 cm³/mol. The Labute approximate surface area is 141 Å². The van der Waals surface area contributed by atoms with Gasteiger partial charge in [0, 0.05) is 31.6 Å². The molecule has 1 aliphatic rings. The summed E-state index contributed by atoms with van der Waals surface area (Å²) in [7, 11) is 0. The van der Waals surface area contributed by atoms with E-state index in [1.54, 1.807) is 16.2 Å². The van der Waals surface area contributed by atoms with Crippen molar-refractivity contribution < 1.29 is 9.53 Å². The van der Waals surface area contributed by atoms with E-state index in [-0.39, 0.29) is 12.1 Å². The number of carbonyl (C=O) groups is 1. The topological polar surface area (TPSA) is 80.0 Å². The van der Waals surface area contributed by atoms with Gasteiger partial charge in [0.15, 0.2) is 5.96 Å². The summed E-state index contributed by atoms with van der Waals surface area (Å²) < 4.78 is 5.02. The number of amides is 1. The number of carbonyl (C=O) groups excluding carboxylic acids is 1. The molecule has 1 atom stereocenters. The van der Waals surface area contributed by atoms with Crippen LogP contribution in [0.2, 0.25) is 0 Å². The van der Waals surface area contributed by atoms with Gasteiger partial charge in [0.1, 0.15) is 0 Å². The number of rotatable bonds is 5. The molecule has 2 heterocycles. The minimum Gasteiger partial charge on any atom is -0.450 e. The number of hydrogen-bond donors (Lipinski definition) is 2. The van der Waals surface area contributed by atoms with E-state index in [1.807, 2.05) is 6.92 Å². The van der Waals surface area contributed by atoms with E-state index in [0.717, 1.165) is 12.8 Å². The average Bonchev–Trinajstić information content (AvgIpc) is 3.08. The van der Waals surface area contributed by atoms with Gasteiger partial charge in [0.05, 0.1) is 6.61 Å². The van der Waals surface area contributed by atoms with Gasteiger partial charge in [0.2, 0.25) is 0 Å². The summed E-state index contributed by atoms with van der Waals surface area (Å²) in [5, 5.41) is 7.49. The Morgan fingerprint density at radius 1 is 1.57 bits per heavy atom. The van der Waals surface area contributed by atoms with Crippen molar-refractivity contribution in [3.05, 3.63) is 22.4 Å². The van der Waals surface area contributed by atoms with Gasteiger partial charge in [-0.2, -0.15) is 11.3 Å². The third-order valence-corrected chi connectivity index (χ3v) is 4.72. The number of likely N-dealkylation sites (tertiary alicyclic amines) is 1. The number of ether oxygens (including phenoxy) is 1. The van der Waals surface area contributed by atoms with Crippen LogP contribution in [0.4, 0.5) is 4.79 Å². The van der Waals surface area contributed by atoms with Gasteiger partial charge >= 0.3 is 6.09 Å². The van der Waals surface area contributed by atoms with Crippen molar-refractivity contribution in [3.8, 4) is 0 Å². The maximum absolute atomic E-state index is 11.7. The lowest BCUT2D eigenvalue weighted by Gasteiger charge is -2.31. The first kappa shape index (κ1) is 17.6. The van der Waals surface area contributed by atoms with Crippen LogP contribution in [0.5, 0.6) is 0 Å². The molecule has 1 saturated heterocycles. The summed E-state index contributed by atoms with van der Waals surface area (Å²) in [4.78, 5) is 17.8. The highest BCUT2D eigenvalue weighted by molar-refractivity contribution is 7.07. The SMILES string of the molecule is CCOC(=O)N1CCC(NC(N)=NCC(C)c2ccsc2)CC1. The van der Waals surface area contributed by atoms with Crippen molar-refractivity contribution in [1.82, 2.24) is 10.2 Å². The summed E-state index contributed by atoms with van der Waals surface area (Å²) >= 11 is 1.70. The number of nitrogens with zero attached hydrogens (tertiary/aromatic N) is 2. The molecular formula is C16H26N4O2S. The molecule has 7 heteroatoms. The Hall–Kier alpha value is -1.76. The molecule has 23 heavy (non-hydrogen) atoms. The normalized spacial score (nSPS) is 17.8. The molecule has 1 unspecified atom stereocenters. The summed E-state index contributed by atoms with van der Waals surface area (Å²) in [5.74, 6) is 0.855. The summed E-state index contributed by atoms with van der Waals surface area (Å²) in [6, 6.07) is 2.39. The molecule has 1 aromatic rings. The molecule has 0 aliphatic carbocycles. The zero-order valence-corrected chi connectivity index (χ0v) is 14.6. The van der Waals surface area contributed by atoms with Gasteiger partial charge in [-0.1, -0.05) is 6.92 Å². The first-order valence-corrected chi connectivity index (χ1v) is 9.04. The molecule has 0 radical (unpaired) electrons. The van der Waals surface area contributed by atoms with Crippen LogP contribution in [-0.2, 0) is 4.74 Å². The number of aliphatic imine (C=N–C) groups is 1. The van der Waals surface area contributed by atoms with Gasteiger partial charge in [0.25, 0.3) is 0 Å². The number of nitrogens with two attached hydrogens (primary N) is 1. The Bertz CT molecular complexity index is 510. The first-order valence-electron chi connectivity index (χ1n) is 8.10. The average molecular weight is 338 g/mol. The maximum atomic E-state index is 11.7. The third-order valence-electron chi connectivity index (χ3n) is 4.02. The summed E-state index contributed by atoms with van der Waals surface area (Å²) in [6.45, 7) is 6.44. The van der Waals surface area contributed by atoms with Crippen molar-refractivity contribution in [2.75, 3.05) is 26.2 Å². The largest absolute Gasteiger partial charge is 0.450 e. The molecule has 1 amide bonds. The molecule has 0 bridgehead atoms. The molecule has 1 aromatic heterocycles. The van der Waals surface area contributed by atoms with Crippen LogP contribution in [-0.4, -0.2) is 49.2 Å². The van der Waals surface area contributed by atoms with Crippen LogP contribution in [0.1, 0.15) is 38.2 Å². The van der Waals surface area contributed by atoms with Gasteiger partial charge in [-0.25, -0.2) is 4.79 Å². The lowest BCUT2D eigenvalue weighted by molar-refractivity contribution is 0.0963. The molecule has 0 saturated carbocycles. The minimum atomic E-state index is -0.225. The summed E-state index contributed by atoms with van der Waals surface area (Å²) in [5.41, 5.74) is 7.28. The smallest absolute Gasteiger partial charge is 0.409 e. The molecule has 0 spiro atoms. The lowest BCUT2D eigenvalue weighted by atomic mass is 10.1. The van der Waals surface area contributed by atoms with Crippen LogP contribution >= 0.6 is 11.3 Å². The van der Waals surface area contributed by atoms with E-state index in [9.17, 15) is 4.79 Å². The Morgan fingerprint density at radius 3 is 2.91 bits per heavy atom. The second-order valence-corrected chi connectivity index (χ2v) is 6.57. The molecule has 0 aromatic carbocycles. The van der Waals surface area contributed by atoms with Crippen LogP contribution in [0.15, 0.2) is 21.8 Å². The minimum absolute atomic E-state index is 0.225. The van der Waals surface area contributed by atoms with Gasteiger partial charge < -0.3 is 20.7 Å². The fourth-order valence-corrected chi connectivity index (χ4v) is 3.35. The van der Waals surface area contributed by atoms with Crippen molar-refractivity contribution in [1.29, 1.82) is 0 Å². The molecular weight excluding hydrogens is 312 g/mol. The number of thiophene rings is 1. The molecule has 1 aliphatic heterocycles. The Morgan fingerprint density at radius 2 is 2.30 bits per heavy atom. The van der Waals surface area contributed by atoms with Gasteiger partial charge in [-0.3, -0.25) is 4.99 Å². The monoisotopic (exact) mass is 338 g/mol. The van der Waals surface area contributed by atoms with Crippen LogP contribution in [0, 0.1) is 0 Å². The fraction of sp³-hybridized carbons (Fsp3) is 0.625. The lowest BCUT2D eigenvalue weighted by Crippen LogP contribution is -2.48. The molecule has 128 valence electrons. The zero-order valence-electron chi connectivity index (χ0n) is 13.8. The van der Waals surface area contributed by atoms with Gasteiger partial charge in [-0.05, 0) is 42.2 Å². The highest BCUT2D eigenvalue weighted by Crippen LogP contribution is 2.18. The molecule has 3 N–H and O–H groups in total. The van der Waals surface area contributed by atoms with E-state index in [2.05, 4.69) is 34.1 Å². The van der Waals surface area contributed by atoms with E-state index in [1.165, 1.54) is 5.56 Å². The number of nitrogens with one attached hydrogen (secondary N) is 1. The number of guanidine groups is 1. The van der Waals surface area contributed by atoms with E-state index in [0.29, 0.717) is 38.1 Å². The van der Waals surface area contributed by atoms with Crippen molar-refractivity contribution >= 4 is 23.4 Å². The summed E-state index contributed by atoms with van der Waals surface area (Å²) in [6.07, 6.45) is 1.49. The Balaban J connectivity index is 1.73. The standard InChI is InChI=1S/C16H26N4O2S/c1-3-22-16(21)20-7-4-14(5-8-20)19-15(17)18-10-12(2)13-6-9-23-11-13/h6,9,11-12,14H,3-5,7-8,10H2,1-2H3,(H3,17,18,19). The van der Waals surface area contributed by atoms with Crippen molar-refractivity contribution in [2.24, 2.45) is 10.7 Å². The van der Waals surface area contributed by atoms with E-state index in [4.69, 9.17) is 10.5 Å². The third kappa shape index (κ3) is 5.42. The van der Waals surface area contributed by atoms with E-state index < -0.39 is 0 Å². The predicted octanol–water partition coefficient (Wildman–Crippen LogP) is 2.38. The second-order valence-electron chi connectivity index (χ2n) is 5.79. The van der Waals surface area contributed by atoms with Crippen molar-refractivity contribution in [3.63, 3.8) is 0 Å². The highest BCUT2D eigenvalue weighted by atomic mass is 32.1. The first-order chi connectivity index (χ1) is 11.1. The van der Waals surface area contributed by atoms with Crippen molar-refractivity contribution in [2.45, 2.75) is 38.6 Å². The van der Waals surface area contributed by atoms with Crippen LogP contribution < -0.4 is 11.1 Å². The van der Waals surface area contributed by atoms with E-state index >= 15 is 0 Å². The fourth-order valence-electron chi connectivity index (χ4n) is 2.57. The molecule has 1 fully saturated rings. The number of piperidine rings is 1. The van der Waals surface area contributed by atoms with Gasteiger partial charge in [-0.15, -0.1) is 0 Å². The quantitative estimate of drug-likeness (QED) is 0.638. The molecule has 6 nitrogen and oxygen atoms in total. The highest BCUT2D eigenvalue weighted by Gasteiger charge is 2.23. The second kappa shape index (κ2) is 8.76. The van der Waals surface area contributed by atoms with Crippen LogP contribution in [0.3, 0.4) is 0 Å². The number of hydrogen-bond acceptors (Lipinski definition) is 4. The molecule has 2 rings (SSSR count). The maximum Gasteiger partial charge on any atom is 0.409 e.